The Morgan fingerprint density at radius 1 is 0.885 bits per heavy atom. The molecule has 3 aromatic rings. The number of hydrogen-bond donors (Lipinski definition) is 0. The minimum absolute atomic E-state index is 0.509. The predicted octanol–water partition coefficient (Wildman–Crippen LogP) is 6.15. The van der Waals surface area contributed by atoms with Crippen molar-refractivity contribution < 1.29 is 4.74 Å². The van der Waals surface area contributed by atoms with Crippen molar-refractivity contribution in [1.82, 2.24) is 9.55 Å². The predicted molar refractivity (Wildman–Crippen MR) is 109 cm³/mol. The average Bonchev–Trinajstić information content (AvgIpc) is 3.04. The number of benzene rings is 2. The summed E-state index contributed by atoms with van der Waals surface area (Å²) >= 11 is 0. The van der Waals surface area contributed by atoms with Gasteiger partial charge in [0, 0.05) is 6.54 Å². The minimum atomic E-state index is 0.509. The van der Waals surface area contributed by atoms with Crippen LogP contribution in [0.3, 0.4) is 0 Å². The summed E-state index contributed by atoms with van der Waals surface area (Å²) in [4.78, 5) is 4.81. The van der Waals surface area contributed by atoms with Crippen LogP contribution in [0.15, 0.2) is 48.5 Å². The molecule has 0 radical (unpaired) electrons. The van der Waals surface area contributed by atoms with Crippen LogP contribution < -0.4 is 4.74 Å². The molecule has 2 aromatic carbocycles. The van der Waals surface area contributed by atoms with Gasteiger partial charge < -0.3 is 9.30 Å². The number of aromatic nitrogens is 2. The number of rotatable bonds is 10. The van der Waals surface area contributed by atoms with E-state index >= 15 is 0 Å². The summed E-state index contributed by atoms with van der Waals surface area (Å²) in [5, 5.41) is 0. The Balaban J connectivity index is 1.70. The summed E-state index contributed by atoms with van der Waals surface area (Å²) in [5.41, 5.74) is 3.60. The first-order valence-electron chi connectivity index (χ1n) is 9.97. The number of unbranched alkanes of at least 4 members (excludes halogenated alkanes) is 4. The summed E-state index contributed by atoms with van der Waals surface area (Å²) in [7, 11) is 0. The zero-order valence-corrected chi connectivity index (χ0v) is 16.1. The van der Waals surface area contributed by atoms with Gasteiger partial charge in [-0.2, -0.15) is 0 Å². The molecule has 26 heavy (non-hydrogen) atoms. The lowest BCUT2D eigenvalue weighted by atomic mass is 10.1. The van der Waals surface area contributed by atoms with E-state index in [-0.39, 0.29) is 0 Å². The van der Waals surface area contributed by atoms with E-state index in [2.05, 4.69) is 66.9 Å². The maximum Gasteiger partial charge on any atom is 0.147 e. The average molecular weight is 351 g/mol. The number of imidazole rings is 1. The molecular weight excluding hydrogens is 320 g/mol. The smallest absolute Gasteiger partial charge is 0.147 e. The Labute approximate surface area is 157 Å². The van der Waals surface area contributed by atoms with E-state index < -0.39 is 0 Å². The van der Waals surface area contributed by atoms with Gasteiger partial charge in [0.25, 0.3) is 0 Å². The molecular formula is C23H30N2O. The monoisotopic (exact) mass is 350 g/mol. The normalized spacial score (nSPS) is 11.2. The summed E-state index contributed by atoms with van der Waals surface area (Å²) < 4.78 is 8.36. The molecule has 0 N–H and O–H groups in total. The number of fused-ring (bicyclic) bond motifs is 1. The van der Waals surface area contributed by atoms with Crippen LogP contribution in [0.1, 0.15) is 57.3 Å². The van der Waals surface area contributed by atoms with E-state index in [4.69, 9.17) is 9.72 Å². The number of hydrogen-bond acceptors (Lipinski definition) is 2. The van der Waals surface area contributed by atoms with Crippen molar-refractivity contribution in [2.45, 2.75) is 65.5 Å². The second-order valence-electron chi connectivity index (χ2n) is 6.87. The Morgan fingerprint density at radius 2 is 1.65 bits per heavy atom. The highest BCUT2D eigenvalue weighted by Crippen LogP contribution is 2.20. The standard InChI is InChI=1S/C23H30N2O/c1-3-5-6-7-10-17-25-22-12-9-8-11-21(22)24-23(25)18-26-20-15-13-19(4-2)14-16-20/h8-9,11-16H,3-7,10,17-18H2,1-2H3. The topological polar surface area (TPSA) is 27.1 Å². The van der Waals surface area contributed by atoms with E-state index in [0.717, 1.165) is 30.1 Å². The SMILES string of the molecule is CCCCCCCn1c(COc2ccc(CC)cc2)nc2ccccc21. The van der Waals surface area contributed by atoms with Crippen molar-refractivity contribution in [3.05, 3.63) is 59.9 Å². The van der Waals surface area contributed by atoms with Crippen molar-refractivity contribution in [3.63, 3.8) is 0 Å². The van der Waals surface area contributed by atoms with Gasteiger partial charge in [-0.25, -0.2) is 4.98 Å². The van der Waals surface area contributed by atoms with Gasteiger partial charge in [-0.05, 0) is 42.7 Å². The lowest BCUT2D eigenvalue weighted by Crippen LogP contribution is -2.07. The Hall–Kier alpha value is -2.29. The first-order chi connectivity index (χ1) is 12.8. The van der Waals surface area contributed by atoms with Crippen LogP contribution >= 0.6 is 0 Å². The number of para-hydroxylation sites is 2. The summed E-state index contributed by atoms with van der Waals surface area (Å²) in [5.74, 6) is 1.92. The number of ether oxygens (including phenoxy) is 1. The fourth-order valence-electron chi connectivity index (χ4n) is 3.33. The number of aryl methyl sites for hydroxylation is 2. The van der Waals surface area contributed by atoms with Crippen LogP contribution in [-0.2, 0) is 19.6 Å². The molecule has 0 atom stereocenters. The molecule has 3 nitrogen and oxygen atoms in total. The molecule has 0 unspecified atom stereocenters. The van der Waals surface area contributed by atoms with Gasteiger partial charge >= 0.3 is 0 Å². The molecule has 0 saturated heterocycles. The highest BCUT2D eigenvalue weighted by molar-refractivity contribution is 5.75. The maximum absolute atomic E-state index is 6.02. The van der Waals surface area contributed by atoms with E-state index in [0.29, 0.717) is 6.61 Å². The van der Waals surface area contributed by atoms with Gasteiger partial charge in [0.2, 0.25) is 0 Å². The Bertz CT molecular complexity index is 805. The van der Waals surface area contributed by atoms with Gasteiger partial charge in [-0.1, -0.05) is 63.8 Å². The van der Waals surface area contributed by atoms with Crippen LogP contribution in [0.2, 0.25) is 0 Å². The highest BCUT2D eigenvalue weighted by atomic mass is 16.5. The third kappa shape index (κ3) is 4.66. The van der Waals surface area contributed by atoms with E-state index in [9.17, 15) is 0 Å². The largest absolute Gasteiger partial charge is 0.486 e. The van der Waals surface area contributed by atoms with E-state index in [1.54, 1.807) is 0 Å². The zero-order chi connectivity index (χ0) is 18.2. The van der Waals surface area contributed by atoms with Gasteiger partial charge in [0.15, 0.2) is 0 Å². The van der Waals surface area contributed by atoms with Crippen LogP contribution in [-0.4, -0.2) is 9.55 Å². The number of nitrogens with zero attached hydrogens (tertiary/aromatic N) is 2. The zero-order valence-electron chi connectivity index (χ0n) is 16.1. The Morgan fingerprint density at radius 3 is 2.42 bits per heavy atom. The molecule has 0 bridgehead atoms. The molecule has 3 heteroatoms. The van der Waals surface area contributed by atoms with Crippen LogP contribution in [0.5, 0.6) is 5.75 Å². The van der Waals surface area contributed by atoms with E-state index in [1.165, 1.54) is 43.2 Å². The molecule has 0 amide bonds. The van der Waals surface area contributed by atoms with E-state index in [1.807, 2.05) is 0 Å². The minimum Gasteiger partial charge on any atom is -0.486 e. The van der Waals surface area contributed by atoms with Gasteiger partial charge in [0.1, 0.15) is 18.2 Å². The van der Waals surface area contributed by atoms with Crippen molar-refractivity contribution in [2.75, 3.05) is 0 Å². The second kappa shape index (κ2) is 9.42. The van der Waals surface area contributed by atoms with Crippen LogP contribution in [0, 0.1) is 0 Å². The third-order valence-corrected chi connectivity index (χ3v) is 4.92. The second-order valence-corrected chi connectivity index (χ2v) is 6.87. The highest BCUT2D eigenvalue weighted by Gasteiger charge is 2.11. The van der Waals surface area contributed by atoms with Gasteiger partial charge in [-0.3, -0.25) is 0 Å². The summed E-state index contributed by atoms with van der Waals surface area (Å²) in [6.07, 6.45) is 7.45. The molecule has 138 valence electrons. The van der Waals surface area contributed by atoms with Gasteiger partial charge in [-0.15, -0.1) is 0 Å². The molecule has 0 aliphatic rings. The molecule has 0 spiro atoms. The maximum atomic E-state index is 6.02. The first-order valence-corrected chi connectivity index (χ1v) is 9.97. The molecule has 0 fully saturated rings. The molecule has 0 aliphatic heterocycles. The van der Waals surface area contributed by atoms with Crippen molar-refractivity contribution in [1.29, 1.82) is 0 Å². The fraction of sp³-hybridized carbons (Fsp3) is 0.435. The third-order valence-electron chi connectivity index (χ3n) is 4.92. The van der Waals surface area contributed by atoms with Crippen molar-refractivity contribution in [3.8, 4) is 5.75 Å². The summed E-state index contributed by atoms with van der Waals surface area (Å²) in [6, 6.07) is 16.8. The molecule has 3 rings (SSSR count). The van der Waals surface area contributed by atoms with Crippen LogP contribution in [0.4, 0.5) is 0 Å². The lowest BCUT2D eigenvalue weighted by Gasteiger charge is -2.11. The van der Waals surface area contributed by atoms with Crippen molar-refractivity contribution >= 4 is 11.0 Å². The fourth-order valence-corrected chi connectivity index (χ4v) is 3.33. The summed E-state index contributed by atoms with van der Waals surface area (Å²) in [6.45, 7) is 5.94. The molecule has 1 heterocycles. The Kier molecular flexibility index (Phi) is 6.70. The molecule has 0 aliphatic carbocycles. The first kappa shape index (κ1) is 18.5. The lowest BCUT2D eigenvalue weighted by molar-refractivity contribution is 0.289. The molecule has 0 saturated carbocycles. The molecule has 1 aromatic heterocycles. The van der Waals surface area contributed by atoms with Crippen molar-refractivity contribution in [2.24, 2.45) is 0 Å². The van der Waals surface area contributed by atoms with Gasteiger partial charge in [0.05, 0.1) is 11.0 Å². The quantitative estimate of drug-likeness (QED) is 0.410. The van der Waals surface area contributed by atoms with Crippen LogP contribution in [0.25, 0.3) is 11.0 Å².